The molecule has 0 aliphatic heterocycles. The summed E-state index contributed by atoms with van der Waals surface area (Å²) in [7, 11) is 0. The van der Waals surface area contributed by atoms with Crippen molar-refractivity contribution in [3.63, 3.8) is 0 Å². The van der Waals surface area contributed by atoms with Crippen LogP contribution in [0.15, 0.2) is 0 Å². The Bertz CT molecular complexity index is 250. The highest BCUT2D eigenvalue weighted by molar-refractivity contribution is 9.10. The number of rotatable bonds is 2. The van der Waals surface area contributed by atoms with Crippen molar-refractivity contribution < 1.29 is 9.59 Å². The highest BCUT2D eigenvalue weighted by Gasteiger charge is 2.48. The number of ketones is 1. The first-order chi connectivity index (χ1) is 6.43. The van der Waals surface area contributed by atoms with Crippen molar-refractivity contribution in [2.24, 2.45) is 17.8 Å². The molecule has 2 nitrogen and oxygen atoms in total. The van der Waals surface area contributed by atoms with Gasteiger partial charge in [-0.1, -0.05) is 36.7 Å². The van der Waals surface area contributed by atoms with Crippen LogP contribution in [0.3, 0.4) is 0 Å². The first-order valence-electron chi connectivity index (χ1n) is 5.13. The van der Waals surface area contributed by atoms with Crippen LogP contribution < -0.4 is 0 Å². The molecule has 1 aliphatic rings. The van der Waals surface area contributed by atoms with E-state index in [0.717, 1.165) is 19.1 Å². The average molecular weight is 261 g/mol. The predicted molar refractivity (Wildman–Crippen MR) is 59.5 cm³/mol. The lowest BCUT2D eigenvalue weighted by Gasteiger charge is -2.37. The Hall–Kier alpha value is -0.180. The SMILES string of the molecule is CC(C)C1CCC(C)C(Br)(C=O)C1=O. The standard InChI is InChI=1S/C11H17BrO2/c1-7(2)9-5-4-8(3)11(12,6-13)10(9)14/h6-9H,4-5H2,1-3H3. The third-order valence-corrected chi connectivity index (χ3v) is 4.68. The quantitative estimate of drug-likeness (QED) is 0.435. The smallest absolute Gasteiger partial charge is 0.160 e. The van der Waals surface area contributed by atoms with E-state index >= 15 is 0 Å². The van der Waals surface area contributed by atoms with Gasteiger partial charge in [-0.3, -0.25) is 4.79 Å². The van der Waals surface area contributed by atoms with Crippen LogP contribution in [0, 0.1) is 17.8 Å². The summed E-state index contributed by atoms with van der Waals surface area (Å²) in [6.07, 6.45) is 2.63. The second-order valence-corrected chi connectivity index (χ2v) is 5.89. The Labute approximate surface area is 93.6 Å². The fourth-order valence-corrected chi connectivity index (χ4v) is 2.63. The normalized spacial score (nSPS) is 38.8. The summed E-state index contributed by atoms with van der Waals surface area (Å²) < 4.78 is -0.916. The molecule has 0 bridgehead atoms. The molecule has 14 heavy (non-hydrogen) atoms. The van der Waals surface area contributed by atoms with Crippen molar-refractivity contribution >= 4 is 28.0 Å². The second-order valence-electron chi connectivity index (χ2n) is 4.58. The Morgan fingerprint density at radius 3 is 2.50 bits per heavy atom. The molecule has 0 heterocycles. The van der Waals surface area contributed by atoms with Crippen molar-refractivity contribution in [2.45, 2.75) is 37.9 Å². The van der Waals surface area contributed by atoms with Gasteiger partial charge >= 0.3 is 0 Å². The lowest BCUT2D eigenvalue weighted by molar-refractivity contribution is -0.133. The van der Waals surface area contributed by atoms with Gasteiger partial charge in [0.15, 0.2) is 5.78 Å². The molecule has 3 heteroatoms. The number of aldehydes is 1. The lowest BCUT2D eigenvalue weighted by atomic mass is 9.70. The molecule has 1 rings (SSSR count). The van der Waals surface area contributed by atoms with Gasteiger partial charge in [0.1, 0.15) is 10.6 Å². The van der Waals surface area contributed by atoms with E-state index in [4.69, 9.17) is 0 Å². The minimum absolute atomic E-state index is 0.0378. The van der Waals surface area contributed by atoms with Crippen LogP contribution in [0.5, 0.6) is 0 Å². The van der Waals surface area contributed by atoms with E-state index in [1.165, 1.54) is 0 Å². The minimum atomic E-state index is -0.916. The van der Waals surface area contributed by atoms with E-state index in [0.29, 0.717) is 5.92 Å². The van der Waals surface area contributed by atoms with Crippen LogP contribution in [-0.4, -0.2) is 16.4 Å². The Kier molecular flexibility index (Phi) is 3.51. The van der Waals surface area contributed by atoms with E-state index in [1.54, 1.807) is 0 Å². The molecular weight excluding hydrogens is 244 g/mol. The van der Waals surface area contributed by atoms with E-state index < -0.39 is 4.32 Å². The summed E-state index contributed by atoms with van der Waals surface area (Å²) in [5, 5.41) is 0. The highest BCUT2D eigenvalue weighted by Crippen LogP contribution is 2.41. The summed E-state index contributed by atoms with van der Waals surface area (Å²) in [6.45, 7) is 6.03. The van der Waals surface area contributed by atoms with Gasteiger partial charge in [0, 0.05) is 5.92 Å². The third kappa shape index (κ3) is 1.79. The number of hydrogen-bond donors (Lipinski definition) is 0. The van der Waals surface area contributed by atoms with Crippen LogP contribution in [0.4, 0.5) is 0 Å². The molecular formula is C11H17BrO2. The van der Waals surface area contributed by atoms with Crippen molar-refractivity contribution in [1.29, 1.82) is 0 Å². The van der Waals surface area contributed by atoms with E-state index in [2.05, 4.69) is 15.9 Å². The van der Waals surface area contributed by atoms with Crippen LogP contribution in [0.25, 0.3) is 0 Å². The largest absolute Gasteiger partial charge is 0.301 e. The van der Waals surface area contributed by atoms with Crippen molar-refractivity contribution in [3.8, 4) is 0 Å². The Morgan fingerprint density at radius 1 is 1.50 bits per heavy atom. The average Bonchev–Trinajstić information content (AvgIpc) is 2.14. The zero-order valence-corrected chi connectivity index (χ0v) is 10.5. The fraction of sp³-hybridized carbons (Fsp3) is 0.818. The first-order valence-corrected chi connectivity index (χ1v) is 5.92. The van der Waals surface area contributed by atoms with Gasteiger partial charge in [-0.05, 0) is 24.7 Å². The molecule has 0 saturated heterocycles. The first kappa shape index (κ1) is 11.9. The van der Waals surface area contributed by atoms with Crippen molar-refractivity contribution in [1.82, 2.24) is 0 Å². The van der Waals surface area contributed by atoms with Gasteiger partial charge in [-0.2, -0.15) is 0 Å². The van der Waals surface area contributed by atoms with Gasteiger partial charge in [-0.25, -0.2) is 0 Å². The minimum Gasteiger partial charge on any atom is -0.301 e. The zero-order chi connectivity index (χ0) is 10.9. The third-order valence-electron chi connectivity index (χ3n) is 3.32. The van der Waals surface area contributed by atoms with Crippen molar-refractivity contribution in [2.75, 3.05) is 0 Å². The van der Waals surface area contributed by atoms with Gasteiger partial charge in [0.25, 0.3) is 0 Å². The highest BCUT2D eigenvalue weighted by atomic mass is 79.9. The number of alkyl halides is 1. The fourth-order valence-electron chi connectivity index (χ4n) is 2.11. The van der Waals surface area contributed by atoms with Gasteiger partial charge in [0.2, 0.25) is 0 Å². The molecule has 0 spiro atoms. The predicted octanol–water partition coefficient (Wildman–Crippen LogP) is 2.59. The lowest BCUT2D eigenvalue weighted by Crippen LogP contribution is -2.49. The van der Waals surface area contributed by atoms with Gasteiger partial charge in [0.05, 0.1) is 0 Å². The second kappa shape index (κ2) is 4.13. The summed E-state index contributed by atoms with van der Waals surface area (Å²) in [5.74, 6) is 0.548. The monoisotopic (exact) mass is 260 g/mol. The Morgan fingerprint density at radius 2 is 2.07 bits per heavy atom. The van der Waals surface area contributed by atoms with E-state index in [9.17, 15) is 9.59 Å². The molecule has 1 fully saturated rings. The van der Waals surface area contributed by atoms with E-state index in [-0.39, 0.29) is 17.6 Å². The maximum atomic E-state index is 12.1. The molecule has 0 aromatic carbocycles. The molecule has 1 aliphatic carbocycles. The number of carbonyl (C=O) groups excluding carboxylic acids is 2. The summed E-state index contributed by atoms with van der Waals surface area (Å²) in [5.41, 5.74) is 0. The molecule has 1 saturated carbocycles. The van der Waals surface area contributed by atoms with Crippen LogP contribution in [0.1, 0.15) is 33.6 Å². The zero-order valence-electron chi connectivity index (χ0n) is 8.92. The molecule has 3 unspecified atom stereocenters. The Balaban J connectivity index is 2.94. The number of Topliss-reactive ketones (excluding diaryl/α,β-unsaturated/α-hetero) is 1. The summed E-state index contributed by atoms with van der Waals surface area (Å²) in [4.78, 5) is 23.1. The van der Waals surface area contributed by atoms with E-state index in [1.807, 2.05) is 20.8 Å². The number of carbonyl (C=O) groups is 2. The van der Waals surface area contributed by atoms with Gasteiger partial charge < -0.3 is 4.79 Å². The summed E-state index contributed by atoms with van der Waals surface area (Å²) >= 11 is 3.32. The van der Waals surface area contributed by atoms with Crippen LogP contribution in [-0.2, 0) is 9.59 Å². The molecule has 0 radical (unpaired) electrons. The molecule has 0 N–H and O–H groups in total. The molecule has 0 aromatic rings. The van der Waals surface area contributed by atoms with Crippen LogP contribution in [0.2, 0.25) is 0 Å². The molecule has 0 amide bonds. The molecule has 3 atom stereocenters. The molecule has 80 valence electrons. The topological polar surface area (TPSA) is 34.1 Å². The van der Waals surface area contributed by atoms with Crippen molar-refractivity contribution in [3.05, 3.63) is 0 Å². The van der Waals surface area contributed by atoms with Gasteiger partial charge in [-0.15, -0.1) is 0 Å². The number of hydrogen-bond acceptors (Lipinski definition) is 2. The molecule has 0 aromatic heterocycles. The maximum absolute atomic E-state index is 12.1. The maximum Gasteiger partial charge on any atom is 0.160 e. The number of halogens is 1. The summed E-state index contributed by atoms with van der Waals surface area (Å²) in [6, 6.07) is 0. The van der Waals surface area contributed by atoms with Crippen LogP contribution >= 0.6 is 15.9 Å².